The fourth-order valence-corrected chi connectivity index (χ4v) is 8.69. The van der Waals surface area contributed by atoms with Gasteiger partial charge in [-0.3, -0.25) is 4.79 Å². The molecule has 16 heteroatoms. The van der Waals surface area contributed by atoms with Crippen molar-refractivity contribution in [3.05, 3.63) is 48.2 Å². The molecule has 2 N–H and O–H groups in total. The number of benzene rings is 2. The van der Waals surface area contributed by atoms with Gasteiger partial charge in [-0.15, -0.1) is 0 Å². The van der Waals surface area contributed by atoms with Gasteiger partial charge in [0.15, 0.2) is 0 Å². The topological polar surface area (TPSA) is 130 Å². The van der Waals surface area contributed by atoms with Gasteiger partial charge in [-0.25, -0.2) is 16.8 Å². The highest BCUT2D eigenvalue weighted by Gasteiger charge is 2.31. The quantitative estimate of drug-likeness (QED) is 0.343. The van der Waals surface area contributed by atoms with Gasteiger partial charge < -0.3 is 24.8 Å². The third-order valence-corrected chi connectivity index (χ3v) is 11.9. The molecule has 1 aromatic heterocycles. The largest absolute Gasteiger partial charge is 0.495 e. The van der Waals surface area contributed by atoms with Crippen LogP contribution in [0.4, 0.5) is 24.5 Å². The average molecular weight is 696 g/mol. The number of nitrogens with one attached hydrogen (secondary N) is 2. The number of alkyl halides is 3. The zero-order valence-electron chi connectivity index (χ0n) is 25.9. The maximum absolute atomic E-state index is 13.6. The number of hydrogen-bond acceptors (Lipinski definition) is 8. The molecule has 47 heavy (non-hydrogen) atoms. The molecule has 1 amide bonds. The summed E-state index contributed by atoms with van der Waals surface area (Å²) in [6.07, 6.45) is -3.68. The van der Waals surface area contributed by atoms with Gasteiger partial charge in [0.05, 0.1) is 47.0 Å². The van der Waals surface area contributed by atoms with Crippen molar-refractivity contribution in [2.24, 2.45) is 0 Å². The molecule has 2 aromatic carbocycles. The van der Waals surface area contributed by atoms with Gasteiger partial charge in [0.1, 0.15) is 22.1 Å². The van der Waals surface area contributed by atoms with Gasteiger partial charge in [-0.2, -0.15) is 17.5 Å². The molecule has 0 aliphatic carbocycles. The van der Waals surface area contributed by atoms with Crippen LogP contribution in [-0.2, 0) is 31.2 Å². The molecule has 2 aliphatic rings. The van der Waals surface area contributed by atoms with Crippen LogP contribution in [0, 0.1) is 11.8 Å². The Morgan fingerprint density at radius 1 is 1.04 bits per heavy atom. The second-order valence-electron chi connectivity index (χ2n) is 11.5. The first-order valence-corrected chi connectivity index (χ1v) is 18.3. The van der Waals surface area contributed by atoms with Gasteiger partial charge >= 0.3 is 6.18 Å². The molecule has 2 fully saturated rings. The smallest absolute Gasteiger partial charge is 0.406 e. The van der Waals surface area contributed by atoms with E-state index in [2.05, 4.69) is 22.5 Å². The number of ether oxygens (including phenoxy) is 1. The molecule has 254 valence electrons. The zero-order chi connectivity index (χ0) is 34.0. The number of rotatable bonds is 8. The van der Waals surface area contributed by atoms with E-state index in [1.807, 2.05) is 0 Å². The van der Waals surface area contributed by atoms with Crippen molar-refractivity contribution < 1.29 is 39.5 Å². The van der Waals surface area contributed by atoms with Crippen LogP contribution < -0.4 is 15.4 Å². The number of fused-ring (bicyclic) bond motifs is 1. The Hall–Kier alpha value is -3.94. The SMILES string of the molecule is COc1cc(S(=O)(=O)N2CCN(C(C)=O)CC2)ccc1NCC#Cc1cc2c(NC3CCS(=O)(=O)CC3)cccc2n1CC(F)(F)F. The van der Waals surface area contributed by atoms with E-state index in [-0.39, 0.29) is 59.4 Å². The second-order valence-corrected chi connectivity index (χ2v) is 15.7. The maximum Gasteiger partial charge on any atom is 0.406 e. The predicted molar refractivity (Wildman–Crippen MR) is 173 cm³/mol. The van der Waals surface area contributed by atoms with Crippen molar-refractivity contribution in [2.45, 2.75) is 43.4 Å². The Labute approximate surface area is 272 Å². The van der Waals surface area contributed by atoms with Gasteiger partial charge in [0.25, 0.3) is 0 Å². The fourth-order valence-electron chi connectivity index (χ4n) is 5.76. The van der Waals surface area contributed by atoms with Crippen LogP contribution >= 0.6 is 0 Å². The molecule has 0 atom stereocenters. The Morgan fingerprint density at radius 2 is 1.74 bits per heavy atom. The lowest BCUT2D eigenvalue weighted by molar-refractivity contribution is -0.140. The Balaban J connectivity index is 1.33. The molecule has 5 rings (SSSR count). The minimum atomic E-state index is -4.50. The predicted octanol–water partition coefficient (Wildman–Crippen LogP) is 3.52. The van der Waals surface area contributed by atoms with Gasteiger partial charge in [-0.05, 0) is 49.1 Å². The molecular formula is C31H36F3N5O6S2. The summed E-state index contributed by atoms with van der Waals surface area (Å²) in [6.45, 7) is 1.17. The van der Waals surface area contributed by atoms with E-state index < -0.39 is 32.6 Å². The summed E-state index contributed by atoms with van der Waals surface area (Å²) in [5.41, 5.74) is 1.54. The minimum Gasteiger partial charge on any atom is -0.495 e. The van der Waals surface area contributed by atoms with Crippen LogP contribution in [0.15, 0.2) is 47.4 Å². The number of sulfone groups is 1. The third-order valence-electron chi connectivity index (χ3n) is 8.28. The second kappa shape index (κ2) is 13.7. The maximum atomic E-state index is 13.6. The van der Waals surface area contributed by atoms with Crippen molar-refractivity contribution in [3.63, 3.8) is 0 Å². The zero-order valence-corrected chi connectivity index (χ0v) is 27.6. The van der Waals surface area contributed by atoms with Crippen LogP contribution in [0.1, 0.15) is 25.5 Å². The molecule has 0 radical (unpaired) electrons. The van der Waals surface area contributed by atoms with E-state index in [9.17, 15) is 34.8 Å². The molecule has 0 unspecified atom stereocenters. The molecule has 2 aliphatic heterocycles. The van der Waals surface area contributed by atoms with Crippen molar-refractivity contribution in [2.75, 3.05) is 62.0 Å². The molecular weight excluding hydrogens is 659 g/mol. The van der Waals surface area contributed by atoms with Crippen molar-refractivity contribution in [3.8, 4) is 17.6 Å². The number of aromatic nitrogens is 1. The third kappa shape index (κ3) is 8.14. The Morgan fingerprint density at radius 3 is 2.38 bits per heavy atom. The number of carbonyl (C=O) groups is 1. The number of halogens is 3. The summed E-state index contributed by atoms with van der Waals surface area (Å²) in [5, 5.41) is 6.90. The van der Waals surface area contributed by atoms with Gasteiger partial charge in [0, 0.05) is 56.3 Å². The number of piperazine rings is 1. The first-order valence-electron chi connectivity index (χ1n) is 15.0. The highest BCUT2D eigenvalue weighted by molar-refractivity contribution is 7.91. The van der Waals surface area contributed by atoms with E-state index in [4.69, 9.17) is 4.74 Å². The van der Waals surface area contributed by atoms with Crippen molar-refractivity contribution in [1.29, 1.82) is 0 Å². The van der Waals surface area contributed by atoms with E-state index in [1.165, 1.54) is 36.5 Å². The lowest BCUT2D eigenvalue weighted by atomic mass is 10.1. The molecule has 3 aromatic rings. The van der Waals surface area contributed by atoms with E-state index in [1.54, 1.807) is 29.2 Å². The van der Waals surface area contributed by atoms with Crippen LogP contribution in [0.5, 0.6) is 5.75 Å². The highest BCUT2D eigenvalue weighted by Crippen LogP contribution is 2.32. The van der Waals surface area contributed by atoms with Gasteiger partial charge in [-0.1, -0.05) is 12.0 Å². The van der Waals surface area contributed by atoms with Crippen LogP contribution in [0.3, 0.4) is 0 Å². The van der Waals surface area contributed by atoms with Crippen LogP contribution in [0.2, 0.25) is 0 Å². The number of nitrogens with zero attached hydrogens (tertiary/aromatic N) is 3. The first-order chi connectivity index (χ1) is 22.2. The Kier molecular flexibility index (Phi) is 9.99. The summed E-state index contributed by atoms with van der Waals surface area (Å²) in [6, 6.07) is 10.8. The molecule has 11 nitrogen and oxygen atoms in total. The Bertz CT molecular complexity index is 1910. The lowest BCUT2D eigenvalue weighted by Crippen LogP contribution is -2.49. The normalized spacial score (nSPS) is 17.6. The summed E-state index contributed by atoms with van der Waals surface area (Å²) in [7, 11) is -5.52. The molecule has 3 heterocycles. The van der Waals surface area contributed by atoms with E-state index in [0.29, 0.717) is 48.2 Å². The number of anilines is 2. The summed E-state index contributed by atoms with van der Waals surface area (Å²) in [4.78, 5) is 13.2. The summed E-state index contributed by atoms with van der Waals surface area (Å²) in [5.74, 6) is 5.94. The highest BCUT2D eigenvalue weighted by atomic mass is 32.2. The number of amides is 1. The van der Waals surface area contributed by atoms with E-state index >= 15 is 0 Å². The van der Waals surface area contributed by atoms with Crippen molar-refractivity contribution >= 4 is 48.0 Å². The molecule has 0 saturated carbocycles. The van der Waals surface area contributed by atoms with Crippen LogP contribution in [0.25, 0.3) is 10.9 Å². The summed E-state index contributed by atoms with van der Waals surface area (Å²) >= 11 is 0. The number of carbonyl (C=O) groups excluding carboxylic acids is 1. The standard InChI is InChI=1S/C31H36F3N5O6S2/c1-22(40)37-13-15-38(16-14-37)47(43,44)25-8-9-28(30(20-25)45-2)35-12-4-5-24-19-26-27(36-23-10-17-46(41,42)18-11-23)6-3-7-29(26)39(24)21-31(32,33)34/h3,6-9,19-20,23,35-36H,10-18,21H2,1-2H3. The summed E-state index contributed by atoms with van der Waals surface area (Å²) < 4.78 is 98.9. The average Bonchev–Trinajstić information content (AvgIpc) is 3.36. The van der Waals surface area contributed by atoms with Crippen molar-refractivity contribution in [1.82, 2.24) is 13.8 Å². The molecule has 0 spiro atoms. The number of methoxy groups -OCH3 is 1. The molecule has 2 saturated heterocycles. The van der Waals surface area contributed by atoms with Gasteiger partial charge in [0.2, 0.25) is 15.9 Å². The van der Waals surface area contributed by atoms with Crippen LogP contribution in [-0.4, -0.2) is 100 Å². The molecule has 0 bridgehead atoms. The number of hydrogen-bond donors (Lipinski definition) is 2. The minimum absolute atomic E-state index is 0.0185. The van der Waals surface area contributed by atoms with E-state index in [0.717, 1.165) is 4.57 Å². The fraction of sp³-hybridized carbons (Fsp3) is 0.452. The monoisotopic (exact) mass is 695 g/mol. The first kappa shape index (κ1) is 34.4. The lowest BCUT2D eigenvalue weighted by Gasteiger charge is -2.33. The number of sulfonamides is 1.